The van der Waals surface area contributed by atoms with Crippen LogP contribution in [0.15, 0.2) is 42.2 Å². The van der Waals surface area contributed by atoms with Crippen molar-refractivity contribution in [1.82, 2.24) is 0 Å². The summed E-state index contributed by atoms with van der Waals surface area (Å²) in [6.07, 6.45) is 0.839. The summed E-state index contributed by atoms with van der Waals surface area (Å²) in [7, 11) is 3.10. The molecule has 0 fully saturated rings. The number of carbonyl (C=O) groups excluding carboxylic acids is 2. The van der Waals surface area contributed by atoms with Gasteiger partial charge in [0.25, 0.3) is 0 Å². The van der Waals surface area contributed by atoms with Crippen LogP contribution < -0.4 is 18.9 Å². The maximum absolute atomic E-state index is 12.7. The van der Waals surface area contributed by atoms with E-state index < -0.39 is 12.1 Å². The molecule has 1 aliphatic heterocycles. The molecule has 29 heavy (non-hydrogen) atoms. The highest BCUT2D eigenvalue weighted by molar-refractivity contribution is 6.14. The highest BCUT2D eigenvalue weighted by Crippen LogP contribution is 2.36. The van der Waals surface area contributed by atoms with E-state index in [0.29, 0.717) is 34.1 Å². The number of fused-ring (bicyclic) bond motifs is 1. The lowest BCUT2D eigenvalue weighted by molar-refractivity contribution is -0.150. The second-order valence-corrected chi connectivity index (χ2v) is 6.22. The molecule has 0 bridgehead atoms. The Kier molecular flexibility index (Phi) is 6.07. The molecule has 3 rings (SSSR count). The summed E-state index contributed by atoms with van der Waals surface area (Å²) in [5, 5.41) is 0. The third-order valence-electron chi connectivity index (χ3n) is 4.30. The smallest absolute Gasteiger partial charge is 0.347 e. The number of carbonyl (C=O) groups is 2. The molecule has 1 atom stereocenters. The largest absolute Gasteiger partial charge is 0.497 e. The molecule has 7 heteroatoms. The van der Waals surface area contributed by atoms with Gasteiger partial charge in [-0.1, -0.05) is 0 Å². The number of hydrogen-bond acceptors (Lipinski definition) is 7. The average molecular weight is 398 g/mol. The summed E-state index contributed by atoms with van der Waals surface area (Å²) in [6, 6.07) is 10.1. The van der Waals surface area contributed by atoms with Crippen LogP contribution in [-0.2, 0) is 9.53 Å². The molecule has 0 saturated carbocycles. The average Bonchev–Trinajstić information content (AvgIpc) is 3.03. The normalized spacial score (nSPS) is 14.8. The summed E-state index contributed by atoms with van der Waals surface area (Å²) in [5.41, 5.74) is 1.09. The van der Waals surface area contributed by atoms with Gasteiger partial charge in [0.05, 0.1) is 26.4 Å². The Hall–Kier alpha value is -3.48. The van der Waals surface area contributed by atoms with Gasteiger partial charge < -0.3 is 23.7 Å². The van der Waals surface area contributed by atoms with E-state index in [2.05, 4.69) is 0 Å². The number of benzene rings is 2. The van der Waals surface area contributed by atoms with E-state index in [1.807, 2.05) is 0 Å². The minimum absolute atomic E-state index is 0.166. The predicted molar refractivity (Wildman–Crippen MR) is 106 cm³/mol. The fourth-order valence-corrected chi connectivity index (χ4v) is 2.83. The second-order valence-electron chi connectivity index (χ2n) is 6.22. The van der Waals surface area contributed by atoms with E-state index in [1.165, 1.54) is 7.11 Å². The van der Waals surface area contributed by atoms with Crippen molar-refractivity contribution in [3.63, 3.8) is 0 Å². The van der Waals surface area contributed by atoms with Gasteiger partial charge in [0.1, 0.15) is 23.0 Å². The summed E-state index contributed by atoms with van der Waals surface area (Å²) >= 11 is 0. The maximum Gasteiger partial charge on any atom is 0.347 e. The molecule has 0 saturated heterocycles. The second kappa shape index (κ2) is 8.68. The van der Waals surface area contributed by atoms with E-state index >= 15 is 0 Å². The van der Waals surface area contributed by atoms with Gasteiger partial charge in [-0.05, 0) is 44.2 Å². The van der Waals surface area contributed by atoms with Crippen molar-refractivity contribution in [2.75, 3.05) is 20.8 Å². The van der Waals surface area contributed by atoms with Crippen LogP contribution >= 0.6 is 0 Å². The van der Waals surface area contributed by atoms with Gasteiger partial charge in [-0.2, -0.15) is 0 Å². The molecule has 0 aliphatic carbocycles. The van der Waals surface area contributed by atoms with E-state index in [0.717, 1.165) is 0 Å². The van der Waals surface area contributed by atoms with Gasteiger partial charge in [-0.3, -0.25) is 4.79 Å². The van der Waals surface area contributed by atoms with Gasteiger partial charge in [0.15, 0.2) is 11.9 Å². The van der Waals surface area contributed by atoms with Crippen molar-refractivity contribution in [3.8, 4) is 23.0 Å². The molecule has 1 aliphatic rings. The lowest BCUT2D eigenvalue weighted by Gasteiger charge is -2.13. The highest BCUT2D eigenvalue weighted by atomic mass is 16.6. The molecule has 1 heterocycles. The van der Waals surface area contributed by atoms with Crippen molar-refractivity contribution in [2.24, 2.45) is 0 Å². The van der Waals surface area contributed by atoms with Gasteiger partial charge in [-0.25, -0.2) is 4.79 Å². The van der Waals surface area contributed by atoms with Crippen molar-refractivity contribution in [1.29, 1.82) is 0 Å². The van der Waals surface area contributed by atoms with Crippen LogP contribution in [0.5, 0.6) is 23.0 Å². The lowest BCUT2D eigenvalue weighted by atomic mass is 10.1. The maximum atomic E-state index is 12.7. The van der Waals surface area contributed by atoms with Crippen LogP contribution in [0.25, 0.3) is 6.08 Å². The minimum atomic E-state index is -0.774. The van der Waals surface area contributed by atoms with Crippen molar-refractivity contribution in [2.45, 2.75) is 20.0 Å². The molecule has 0 N–H and O–H groups in total. The summed E-state index contributed by atoms with van der Waals surface area (Å²) in [5.74, 6) is 1.42. The highest BCUT2D eigenvalue weighted by Gasteiger charge is 2.28. The summed E-state index contributed by atoms with van der Waals surface area (Å²) in [4.78, 5) is 24.4. The fraction of sp³-hybridized carbons (Fsp3) is 0.273. The van der Waals surface area contributed by atoms with Crippen LogP contribution in [0.1, 0.15) is 29.8 Å². The standard InChI is InChI=1S/C22H22O7/c1-5-27-22(24)13(2)28-16-8-9-17-19(12-16)29-20(21(17)23)10-14-6-7-15(25-3)11-18(14)26-4/h6-13H,5H2,1-4H3/t13-/m1/s1. The first-order valence-electron chi connectivity index (χ1n) is 9.10. The Balaban J connectivity index is 1.82. The first-order chi connectivity index (χ1) is 14.0. The Morgan fingerprint density at radius 2 is 1.86 bits per heavy atom. The number of ether oxygens (including phenoxy) is 5. The predicted octanol–water partition coefficient (Wildman–Crippen LogP) is 3.65. The van der Waals surface area contributed by atoms with Gasteiger partial charge in [0.2, 0.25) is 5.78 Å². The number of Topliss-reactive ketones (excluding diaryl/α,β-unsaturated/α-hetero) is 1. The summed E-state index contributed by atoms with van der Waals surface area (Å²) < 4.78 is 26.8. The number of rotatable bonds is 7. The zero-order valence-electron chi connectivity index (χ0n) is 16.7. The number of ketones is 1. The van der Waals surface area contributed by atoms with Crippen LogP contribution in [0.3, 0.4) is 0 Å². The molecule has 2 aromatic carbocycles. The van der Waals surface area contributed by atoms with E-state index in [-0.39, 0.29) is 18.1 Å². The monoisotopic (exact) mass is 398 g/mol. The zero-order valence-corrected chi connectivity index (χ0v) is 16.7. The summed E-state index contributed by atoms with van der Waals surface area (Å²) in [6.45, 7) is 3.60. The van der Waals surface area contributed by atoms with Gasteiger partial charge in [-0.15, -0.1) is 0 Å². The third kappa shape index (κ3) is 4.34. The van der Waals surface area contributed by atoms with Crippen molar-refractivity contribution < 1.29 is 33.3 Å². The van der Waals surface area contributed by atoms with Crippen molar-refractivity contribution in [3.05, 3.63) is 53.3 Å². The SMILES string of the molecule is CCOC(=O)[C@@H](C)Oc1ccc2c(c1)OC(=Cc1ccc(OC)cc1OC)C2=O. The van der Waals surface area contributed by atoms with Crippen LogP contribution in [-0.4, -0.2) is 38.7 Å². The quantitative estimate of drug-likeness (QED) is 0.520. The molecule has 152 valence electrons. The Morgan fingerprint density at radius 1 is 1.10 bits per heavy atom. The van der Waals surface area contributed by atoms with Gasteiger partial charge >= 0.3 is 5.97 Å². The topological polar surface area (TPSA) is 80.3 Å². The molecule has 7 nitrogen and oxygen atoms in total. The van der Waals surface area contributed by atoms with E-state index in [4.69, 9.17) is 23.7 Å². The number of esters is 1. The molecule has 0 unspecified atom stereocenters. The Morgan fingerprint density at radius 3 is 2.55 bits per heavy atom. The zero-order chi connectivity index (χ0) is 21.0. The molecule has 0 spiro atoms. The van der Waals surface area contributed by atoms with Crippen LogP contribution in [0.2, 0.25) is 0 Å². The molecule has 0 aromatic heterocycles. The van der Waals surface area contributed by atoms with Crippen LogP contribution in [0.4, 0.5) is 0 Å². The first-order valence-corrected chi connectivity index (χ1v) is 9.10. The number of allylic oxidation sites excluding steroid dienone is 1. The Labute approximate surface area is 168 Å². The molecule has 2 aromatic rings. The Bertz CT molecular complexity index is 962. The van der Waals surface area contributed by atoms with Gasteiger partial charge in [0, 0.05) is 17.7 Å². The minimum Gasteiger partial charge on any atom is -0.497 e. The van der Waals surface area contributed by atoms with E-state index in [1.54, 1.807) is 63.4 Å². The molecular weight excluding hydrogens is 376 g/mol. The van der Waals surface area contributed by atoms with E-state index in [9.17, 15) is 9.59 Å². The first kappa shape index (κ1) is 20.3. The molecule has 0 amide bonds. The number of methoxy groups -OCH3 is 2. The lowest BCUT2D eigenvalue weighted by Crippen LogP contribution is -2.26. The molecule has 0 radical (unpaired) electrons. The van der Waals surface area contributed by atoms with Crippen molar-refractivity contribution >= 4 is 17.8 Å². The third-order valence-corrected chi connectivity index (χ3v) is 4.30. The van der Waals surface area contributed by atoms with Crippen LogP contribution in [0, 0.1) is 0 Å². The molecular formula is C22H22O7. The number of hydrogen-bond donors (Lipinski definition) is 0. The fourth-order valence-electron chi connectivity index (χ4n) is 2.83.